The second-order valence-electron chi connectivity index (χ2n) is 1.14. The molecule has 0 unspecified atom stereocenters. The Balaban J connectivity index is 2.63. The fraction of sp³-hybridized carbons (Fsp3) is 1.00. The van der Waals surface area contributed by atoms with E-state index in [1.54, 1.807) is 0 Å². The maximum Gasteiger partial charge on any atom is 0.103 e. The molecule has 3 nitrogen and oxygen atoms in total. The molecule has 0 saturated heterocycles. The second kappa shape index (κ2) is 3.08. The van der Waals surface area contributed by atoms with Gasteiger partial charge in [-0.2, -0.15) is 0 Å². The van der Waals surface area contributed by atoms with Crippen molar-refractivity contribution in [1.29, 1.82) is 0 Å². The lowest BCUT2D eigenvalue weighted by Gasteiger charge is -1.96. The molecule has 0 bridgehead atoms. The molecule has 6 heavy (non-hydrogen) atoms. The van der Waals surface area contributed by atoms with Crippen LogP contribution in [0, 0.1) is 0 Å². The van der Waals surface area contributed by atoms with Gasteiger partial charge in [-0.3, -0.25) is 0 Å². The normalized spacial score (nSPS) is 14.5. The third-order valence-corrected chi connectivity index (χ3v) is 0.462. The Morgan fingerprint density at radius 3 is 2.17 bits per heavy atom. The van der Waals surface area contributed by atoms with Gasteiger partial charge < -0.3 is 16.6 Å². The average molecular weight is 90.1 g/mol. The van der Waals surface area contributed by atoms with Crippen LogP contribution in [0.25, 0.3) is 0 Å². The van der Waals surface area contributed by atoms with Crippen molar-refractivity contribution in [2.45, 2.75) is 12.6 Å². The van der Waals surface area contributed by atoms with Gasteiger partial charge in [0.15, 0.2) is 0 Å². The van der Waals surface area contributed by atoms with Gasteiger partial charge in [-0.05, 0) is 13.0 Å². The minimum atomic E-state index is -0.727. The molecule has 0 aliphatic carbocycles. The van der Waals surface area contributed by atoms with Gasteiger partial charge in [-0.25, -0.2) is 0 Å². The lowest BCUT2D eigenvalue weighted by Crippen LogP contribution is -2.22. The van der Waals surface area contributed by atoms with Gasteiger partial charge in [-0.15, -0.1) is 0 Å². The number of nitrogens with two attached hydrogens (primary N) is 2. The fourth-order valence-electron chi connectivity index (χ4n) is 0.171. The van der Waals surface area contributed by atoms with E-state index in [0.717, 1.165) is 0 Å². The topological polar surface area (TPSA) is 72.3 Å². The molecule has 0 aromatic heterocycles. The van der Waals surface area contributed by atoms with Crippen LogP contribution in [0.5, 0.6) is 0 Å². The molecule has 38 valence electrons. The average Bonchev–Trinajstić information content (AvgIpc) is 1.35. The van der Waals surface area contributed by atoms with Gasteiger partial charge >= 0.3 is 0 Å². The highest BCUT2D eigenvalue weighted by Gasteiger charge is 1.87. The molecule has 0 aliphatic rings. The number of hydrogen-bond acceptors (Lipinski definition) is 3. The summed E-state index contributed by atoms with van der Waals surface area (Å²) in [6.07, 6.45) is -0.241. The SMILES string of the molecule is NCC[C@@H](N)O. The first-order valence-electron chi connectivity index (χ1n) is 1.91. The van der Waals surface area contributed by atoms with Gasteiger partial charge in [0.05, 0.1) is 0 Å². The van der Waals surface area contributed by atoms with E-state index in [-0.39, 0.29) is 0 Å². The Bertz CT molecular complexity index is 30.0. The highest BCUT2D eigenvalue weighted by Crippen LogP contribution is 1.72. The quantitative estimate of drug-likeness (QED) is 0.366. The predicted octanol–water partition coefficient (Wildman–Crippen LogP) is -1.39. The van der Waals surface area contributed by atoms with Crippen LogP contribution in [0.15, 0.2) is 0 Å². The van der Waals surface area contributed by atoms with E-state index in [0.29, 0.717) is 13.0 Å². The van der Waals surface area contributed by atoms with Crippen molar-refractivity contribution in [3.8, 4) is 0 Å². The summed E-state index contributed by atoms with van der Waals surface area (Å²) in [5.74, 6) is 0. The van der Waals surface area contributed by atoms with Crippen LogP contribution in [0.2, 0.25) is 0 Å². The Kier molecular flexibility index (Phi) is 3.02. The molecular formula is C3H10N2O. The van der Waals surface area contributed by atoms with Crippen molar-refractivity contribution in [1.82, 2.24) is 0 Å². The second-order valence-corrected chi connectivity index (χ2v) is 1.14. The van der Waals surface area contributed by atoms with E-state index >= 15 is 0 Å². The third-order valence-electron chi connectivity index (χ3n) is 0.462. The van der Waals surface area contributed by atoms with E-state index in [2.05, 4.69) is 0 Å². The molecule has 0 radical (unpaired) electrons. The first kappa shape index (κ1) is 5.88. The molecule has 0 heterocycles. The van der Waals surface area contributed by atoms with Gasteiger partial charge in [0.1, 0.15) is 6.23 Å². The van der Waals surface area contributed by atoms with Gasteiger partial charge in [0, 0.05) is 0 Å². The van der Waals surface area contributed by atoms with Crippen LogP contribution in [-0.4, -0.2) is 17.9 Å². The van der Waals surface area contributed by atoms with E-state index in [4.69, 9.17) is 16.6 Å². The van der Waals surface area contributed by atoms with Crippen molar-refractivity contribution in [2.75, 3.05) is 6.54 Å². The summed E-state index contributed by atoms with van der Waals surface area (Å²) >= 11 is 0. The van der Waals surface area contributed by atoms with Crippen molar-refractivity contribution in [3.63, 3.8) is 0 Å². The van der Waals surface area contributed by atoms with Crippen LogP contribution < -0.4 is 11.5 Å². The maximum absolute atomic E-state index is 8.25. The molecule has 0 spiro atoms. The minimum Gasteiger partial charge on any atom is -0.379 e. The van der Waals surface area contributed by atoms with Crippen LogP contribution in [0.4, 0.5) is 0 Å². The molecule has 0 fully saturated rings. The molecule has 0 rings (SSSR count). The van der Waals surface area contributed by atoms with Crippen LogP contribution >= 0.6 is 0 Å². The zero-order valence-electron chi connectivity index (χ0n) is 3.59. The molecule has 0 aliphatic heterocycles. The molecule has 0 aromatic rings. The lowest BCUT2D eigenvalue weighted by atomic mass is 10.4. The van der Waals surface area contributed by atoms with E-state index < -0.39 is 6.23 Å². The van der Waals surface area contributed by atoms with Crippen molar-refractivity contribution < 1.29 is 5.11 Å². The Morgan fingerprint density at radius 1 is 1.67 bits per heavy atom. The van der Waals surface area contributed by atoms with Gasteiger partial charge in [0.2, 0.25) is 0 Å². The van der Waals surface area contributed by atoms with E-state index in [1.807, 2.05) is 0 Å². The first-order chi connectivity index (χ1) is 2.77. The zero-order valence-corrected chi connectivity index (χ0v) is 3.59. The summed E-state index contributed by atoms with van der Waals surface area (Å²) in [5, 5.41) is 8.25. The lowest BCUT2D eigenvalue weighted by molar-refractivity contribution is 0.175. The Hall–Kier alpha value is -0.120. The molecule has 0 saturated carbocycles. The van der Waals surface area contributed by atoms with Crippen molar-refractivity contribution in [2.24, 2.45) is 11.5 Å². The summed E-state index contributed by atoms with van der Waals surface area (Å²) in [4.78, 5) is 0. The molecule has 0 amide bonds. The van der Waals surface area contributed by atoms with E-state index in [1.165, 1.54) is 0 Å². The Labute approximate surface area is 36.9 Å². The van der Waals surface area contributed by atoms with Gasteiger partial charge in [-0.1, -0.05) is 0 Å². The Morgan fingerprint density at radius 2 is 2.17 bits per heavy atom. The fourth-order valence-corrected chi connectivity index (χ4v) is 0.171. The number of rotatable bonds is 2. The summed E-state index contributed by atoms with van der Waals surface area (Å²) in [7, 11) is 0. The maximum atomic E-state index is 8.25. The van der Waals surface area contributed by atoms with Crippen molar-refractivity contribution in [3.05, 3.63) is 0 Å². The number of hydrogen-bond donors (Lipinski definition) is 3. The predicted molar refractivity (Wildman–Crippen MR) is 23.9 cm³/mol. The summed E-state index contributed by atoms with van der Waals surface area (Å²) in [5.41, 5.74) is 9.87. The smallest absolute Gasteiger partial charge is 0.103 e. The molecule has 3 heteroatoms. The highest BCUT2D eigenvalue weighted by atomic mass is 16.3. The van der Waals surface area contributed by atoms with Crippen LogP contribution in [-0.2, 0) is 0 Å². The summed E-state index contributed by atoms with van der Waals surface area (Å²) in [6, 6.07) is 0. The van der Waals surface area contributed by atoms with E-state index in [9.17, 15) is 0 Å². The standard InChI is InChI=1S/C3H10N2O/c4-2-1-3(5)6/h3,6H,1-2,4-5H2/t3-/m0/s1. The molecule has 5 N–H and O–H groups in total. The highest BCUT2D eigenvalue weighted by molar-refractivity contribution is 4.41. The molecule has 1 atom stereocenters. The minimum absolute atomic E-state index is 0.456. The number of aliphatic hydroxyl groups is 1. The zero-order chi connectivity index (χ0) is 4.99. The van der Waals surface area contributed by atoms with Crippen LogP contribution in [0.1, 0.15) is 6.42 Å². The number of aliphatic hydroxyl groups excluding tert-OH is 1. The summed E-state index contributed by atoms with van der Waals surface area (Å²) < 4.78 is 0. The third kappa shape index (κ3) is 3.88. The van der Waals surface area contributed by atoms with Crippen molar-refractivity contribution >= 4 is 0 Å². The summed E-state index contributed by atoms with van der Waals surface area (Å²) in [6.45, 7) is 0.456. The monoisotopic (exact) mass is 90.1 g/mol. The first-order valence-corrected chi connectivity index (χ1v) is 1.91. The largest absolute Gasteiger partial charge is 0.379 e. The van der Waals surface area contributed by atoms with Gasteiger partial charge in [0.25, 0.3) is 0 Å². The van der Waals surface area contributed by atoms with Crippen LogP contribution in [0.3, 0.4) is 0 Å². The molecule has 0 aromatic carbocycles. The molecular weight excluding hydrogens is 80.0 g/mol.